The van der Waals surface area contributed by atoms with Crippen LogP contribution in [0.25, 0.3) is 0 Å². The van der Waals surface area contributed by atoms with Crippen LogP contribution >= 0.6 is 35.1 Å². The van der Waals surface area contributed by atoms with Crippen molar-refractivity contribution in [1.82, 2.24) is 0 Å². The van der Waals surface area contributed by atoms with Crippen LogP contribution in [0.3, 0.4) is 0 Å². The number of halogens is 2. The normalized spacial score (nSPS) is 12.3. The van der Waals surface area contributed by atoms with Crippen molar-refractivity contribution in [3.63, 3.8) is 0 Å². The van der Waals surface area contributed by atoms with Gasteiger partial charge in [0.1, 0.15) is 5.82 Å². The average Bonchev–Trinajstić information content (AvgIpc) is 2.46. The summed E-state index contributed by atoms with van der Waals surface area (Å²) in [6.45, 7) is 0. The standard InChI is InChI=1S/C15H14ClFOS2/c16-14-3-1-2-4-15(14)20-10-12(18)9-19-13-7-5-11(17)6-8-13/h1-8,12,18H,9-10H2. The Bertz CT molecular complexity index is 548. The van der Waals surface area contributed by atoms with E-state index in [9.17, 15) is 9.50 Å². The largest absolute Gasteiger partial charge is 0.391 e. The molecule has 0 saturated carbocycles. The molecule has 1 unspecified atom stereocenters. The zero-order valence-corrected chi connectivity index (χ0v) is 13.0. The molecule has 1 N–H and O–H groups in total. The van der Waals surface area contributed by atoms with Gasteiger partial charge in [0.05, 0.1) is 11.1 Å². The number of benzene rings is 2. The molecule has 20 heavy (non-hydrogen) atoms. The third-order valence-corrected chi connectivity index (χ3v) is 5.34. The van der Waals surface area contributed by atoms with E-state index in [4.69, 9.17) is 11.6 Å². The summed E-state index contributed by atoms with van der Waals surface area (Å²) in [7, 11) is 0. The summed E-state index contributed by atoms with van der Waals surface area (Å²) in [4.78, 5) is 1.92. The molecule has 0 radical (unpaired) electrons. The van der Waals surface area contributed by atoms with E-state index in [1.54, 1.807) is 12.1 Å². The molecule has 0 saturated heterocycles. The summed E-state index contributed by atoms with van der Waals surface area (Å²) >= 11 is 9.10. The van der Waals surface area contributed by atoms with Gasteiger partial charge in [-0.2, -0.15) is 0 Å². The third-order valence-electron chi connectivity index (χ3n) is 2.52. The maximum absolute atomic E-state index is 12.8. The van der Waals surface area contributed by atoms with E-state index in [0.29, 0.717) is 16.5 Å². The molecule has 2 rings (SSSR count). The molecular weight excluding hydrogens is 315 g/mol. The molecule has 1 nitrogen and oxygen atoms in total. The lowest BCUT2D eigenvalue weighted by atomic mass is 10.4. The van der Waals surface area contributed by atoms with Gasteiger partial charge in [0.15, 0.2) is 0 Å². The van der Waals surface area contributed by atoms with Crippen LogP contribution in [-0.4, -0.2) is 22.7 Å². The number of aliphatic hydroxyl groups is 1. The number of hydrogen-bond acceptors (Lipinski definition) is 3. The van der Waals surface area contributed by atoms with Crippen LogP contribution in [-0.2, 0) is 0 Å². The fraction of sp³-hybridized carbons (Fsp3) is 0.200. The number of aliphatic hydroxyl groups excluding tert-OH is 1. The van der Waals surface area contributed by atoms with E-state index >= 15 is 0 Å². The van der Waals surface area contributed by atoms with Crippen LogP contribution in [0, 0.1) is 5.82 Å². The highest BCUT2D eigenvalue weighted by molar-refractivity contribution is 8.00. The van der Waals surface area contributed by atoms with E-state index in [1.807, 2.05) is 24.3 Å². The number of hydrogen-bond donors (Lipinski definition) is 1. The van der Waals surface area contributed by atoms with E-state index in [-0.39, 0.29) is 5.82 Å². The maximum atomic E-state index is 12.8. The molecule has 2 aromatic rings. The van der Waals surface area contributed by atoms with Crippen molar-refractivity contribution < 1.29 is 9.50 Å². The quantitative estimate of drug-likeness (QED) is 0.774. The molecule has 0 amide bonds. The van der Waals surface area contributed by atoms with Crippen molar-refractivity contribution in [3.05, 3.63) is 59.4 Å². The SMILES string of the molecule is OC(CSc1ccc(F)cc1)CSc1ccccc1Cl. The van der Waals surface area contributed by atoms with Crippen molar-refractivity contribution in [1.29, 1.82) is 0 Å². The predicted molar refractivity (Wildman–Crippen MR) is 85.3 cm³/mol. The molecular formula is C15H14ClFOS2. The van der Waals surface area contributed by atoms with Crippen LogP contribution in [0.1, 0.15) is 0 Å². The Labute approximate surface area is 131 Å². The Morgan fingerprint density at radius 2 is 1.65 bits per heavy atom. The van der Waals surface area contributed by atoms with Crippen LogP contribution in [0.4, 0.5) is 4.39 Å². The van der Waals surface area contributed by atoms with E-state index < -0.39 is 6.10 Å². The number of thioether (sulfide) groups is 2. The van der Waals surface area contributed by atoms with Crippen LogP contribution in [0.15, 0.2) is 58.3 Å². The van der Waals surface area contributed by atoms with Gasteiger partial charge in [-0.3, -0.25) is 0 Å². The summed E-state index contributed by atoms with van der Waals surface area (Å²) < 4.78 is 12.8. The molecule has 0 fully saturated rings. The highest BCUT2D eigenvalue weighted by Gasteiger charge is 2.08. The average molecular weight is 329 g/mol. The second-order valence-corrected chi connectivity index (χ2v) is 6.72. The molecule has 1 atom stereocenters. The van der Waals surface area contributed by atoms with Gasteiger partial charge < -0.3 is 5.11 Å². The monoisotopic (exact) mass is 328 g/mol. The predicted octanol–water partition coefficient (Wildman–Crippen LogP) is 4.72. The van der Waals surface area contributed by atoms with Gasteiger partial charge in [-0.15, -0.1) is 23.5 Å². The Hall–Kier alpha value is -0.680. The molecule has 5 heteroatoms. The summed E-state index contributed by atoms with van der Waals surface area (Å²) in [6, 6.07) is 13.9. The van der Waals surface area contributed by atoms with Gasteiger partial charge in [-0.05, 0) is 36.4 Å². The molecule has 0 bridgehead atoms. The summed E-state index contributed by atoms with van der Waals surface area (Å²) in [5.74, 6) is 0.908. The minimum absolute atomic E-state index is 0.246. The zero-order valence-electron chi connectivity index (χ0n) is 10.6. The fourth-order valence-electron chi connectivity index (χ4n) is 1.52. The molecule has 0 aliphatic rings. The zero-order chi connectivity index (χ0) is 14.4. The van der Waals surface area contributed by atoms with Gasteiger partial charge in [-0.1, -0.05) is 23.7 Å². The molecule has 0 aliphatic carbocycles. The minimum atomic E-state index is -0.439. The Balaban J connectivity index is 1.77. The molecule has 0 spiro atoms. The lowest BCUT2D eigenvalue weighted by Crippen LogP contribution is -2.12. The van der Waals surface area contributed by atoms with Crippen molar-refractivity contribution in [2.75, 3.05) is 11.5 Å². The van der Waals surface area contributed by atoms with Crippen LogP contribution in [0.5, 0.6) is 0 Å². The molecule has 0 aliphatic heterocycles. The topological polar surface area (TPSA) is 20.2 Å². The van der Waals surface area contributed by atoms with E-state index in [0.717, 1.165) is 9.79 Å². The van der Waals surface area contributed by atoms with Crippen LogP contribution in [0.2, 0.25) is 5.02 Å². The third kappa shape index (κ3) is 5.02. The van der Waals surface area contributed by atoms with E-state index in [2.05, 4.69) is 0 Å². The van der Waals surface area contributed by atoms with Crippen LogP contribution < -0.4 is 0 Å². The van der Waals surface area contributed by atoms with Gasteiger partial charge in [0, 0.05) is 21.3 Å². The first-order valence-electron chi connectivity index (χ1n) is 6.09. The van der Waals surface area contributed by atoms with Gasteiger partial charge in [0.2, 0.25) is 0 Å². The van der Waals surface area contributed by atoms with E-state index in [1.165, 1.54) is 35.7 Å². The summed E-state index contributed by atoms with van der Waals surface area (Å²) in [5.41, 5.74) is 0. The lowest BCUT2D eigenvalue weighted by molar-refractivity contribution is 0.225. The fourth-order valence-corrected chi connectivity index (χ4v) is 3.67. The van der Waals surface area contributed by atoms with Gasteiger partial charge >= 0.3 is 0 Å². The highest BCUT2D eigenvalue weighted by atomic mass is 35.5. The van der Waals surface area contributed by atoms with Crippen molar-refractivity contribution >= 4 is 35.1 Å². The van der Waals surface area contributed by atoms with Crippen molar-refractivity contribution in [3.8, 4) is 0 Å². The molecule has 2 aromatic carbocycles. The van der Waals surface area contributed by atoms with Gasteiger partial charge in [0.25, 0.3) is 0 Å². The van der Waals surface area contributed by atoms with Crippen molar-refractivity contribution in [2.45, 2.75) is 15.9 Å². The summed E-state index contributed by atoms with van der Waals surface area (Å²) in [6.07, 6.45) is -0.439. The Kier molecular flexibility index (Phi) is 6.23. The Morgan fingerprint density at radius 3 is 2.35 bits per heavy atom. The lowest BCUT2D eigenvalue weighted by Gasteiger charge is -2.10. The second-order valence-electron chi connectivity index (χ2n) is 4.16. The van der Waals surface area contributed by atoms with Crippen molar-refractivity contribution in [2.24, 2.45) is 0 Å². The molecule has 106 valence electrons. The first-order valence-corrected chi connectivity index (χ1v) is 8.44. The van der Waals surface area contributed by atoms with Gasteiger partial charge in [-0.25, -0.2) is 4.39 Å². The minimum Gasteiger partial charge on any atom is -0.391 e. The smallest absolute Gasteiger partial charge is 0.123 e. The first-order chi connectivity index (χ1) is 9.65. The molecule has 0 aromatic heterocycles. The Morgan fingerprint density at radius 1 is 1.00 bits per heavy atom. The number of rotatable bonds is 6. The molecule has 0 heterocycles. The first kappa shape index (κ1) is 15.7. The highest BCUT2D eigenvalue weighted by Crippen LogP contribution is 2.28. The maximum Gasteiger partial charge on any atom is 0.123 e. The second kappa shape index (κ2) is 7.93. The summed E-state index contributed by atoms with van der Waals surface area (Å²) in [5, 5.41) is 10.7.